The van der Waals surface area contributed by atoms with Gasteiger partial charge < -0.3 is 10.1 Å². The maximum atomic E-state index is 13.9. The number of benzene rings is 2. The second kappa shape index (κ2) is 10.3. The van der Waals surface area contributed by atoms with Crippen LogP contribution in [0.1, 0.15) is 37.3 Å². The maximum Gasteiger partial charge on any atom is 0.249 e. The van der Waals surface area contributed by atoms with Crippen molar-refractivity contribution >= 4 is 39.9 Å². The van der Waals surface area contributed by atoms with Crippen molar-refractivity contribution in [3.63, 3.8) is 0 Å². The van der Waals surface area contributed by atoms with Crippen molar-refractivity contribution in [3.8, 4) is 5.75 Å². The lowest BCUT2D eigenvalue weighted by atomic mass is 10.1. The second-order valence-corrected chi connectivity index (χ2v) is 9.43. The Hall–Kier alpha value is -3.72. The molecule has 1 aliphatic rings. The number of hydrogen-bond donors (Lipinski definition) is 1. The SMILES string of the molecule is COc1ccc(N(C(=O)Cn2nnc3ccccc32)C(C(=O)NC2CCCC2)c2ccsc2)cc1. The molecule has 0 aliphatic heterocycles. The zero-order chi connectivity index (χ0) is 24.2. The molecule has 0 saturated heterocycles. The number of rotatable bonds is 8. The van der Waals surface area contributed by atoms with Gasteiger partial charge in [-0.15, -0.1) is 5.10 Å². The minimum Gasteiger partial charge on any atom is -0.497 e. The Bertz CT molecular complexity index is 1300. The Morgan fingerprint density at radius 3 is 2.63 bits per heavy atom. The van der Waals surface area contributed by atoms with Gasteiger partial charge >= 0.3 is 0 Å². The van der Waals surface area contributed by atoms with Gasteiger partial charge in [0.05, 0.1) is 12.6 Å². The van der Waals surface area contributed by atoms with Gasteiger partial charge in [0.15, 0.2) is 0 Å². The van der Waals surface area contributed by atoms with Gasteiger partial charge in [-0.25, -0.2) is 4.68 Å². The Morgan fingerprint density at radius 1 is 1.14 bits per heavy atom. The number of ether oxygens (including phenoxy) is 1. The van der Waals surface area contributed by atoms with Crippen LogP contribution in [-0.2, 0) is 16.1 Å². The summed E-state index contributed by atoms with van der Waals surface area (Å²) in [6.07, 6.45) is 4.14. The molecule has 1 unspecified atom stereocenters. The zero-order valence-corrected chi connectivity index (χ0v) is 20.3. The molecule has 9 heteroatoms. The largest absolute Gasteiger partial charge is 0.497 e. The van der Waals surface area contributed by atoms with Crippen molar-refractivity contribution in [3.05, 3.63) is 70.9 Å². The van der Waals surface area contributed by atoms with Gasteiger partial charge in [0.25, 0.3) is 0 Å². The molecular weight excluding hydrogens is 462 g/mol. The predicted octanol–water partition coefficient (Wildman–Crippen LogP) is 4.33. The van der Waals surface area contributed by atoms with E-state index in [9.17, 15) is 9.59 Å². The van der Waals surface area contributed by atoms with E-state index in [0.29, 0.717) is 17.0 Å². The molecule has 180 valence electrons. The van der Waals surface area contributed by atoms with Crippen molar-refractivity contribution < 1.29 is 14.3 Å². The normalized spacial score (nSPS) is 14.7. The lowest BCUT2D eigenvalue weighted by molar-refractivity contribution is -0.127. The smallest absolute Gasteiger partial charge is 0.249 e. The Kier molecular flexibility index (Phi) is 6.76. The van der Waals surface area contributed by atoms with Gasteiger partial charge in [0.1, 0.15) is 23.9 Å². The molecule has 5 rings (SSSR count). The fourth-order valence-electron chi connectivity index (χ4n) is 4.62. The summed E-state index contributed by atoms with van der Waals surface area (Å²) in [5.74, 6) is 0.234. The molecule has 2 heterocycles. The van der Waals surface area contributed by atoms with Gasteiger partial charge in [-0.2, -0.15) is 11.3 Å². The Morgan fingerprint density at radius 2 is 1.91 bits per heavy atom. The highest BCUT2D eigenvalue weighted by Crippen LogP contribution is 2.32. The number of fused-ring (bicyclic) bond motifs is 1. The Balaban J connectivity index is 1.53. The van der Waals surface area contributed by atoms with Crippen molar-refractivity contribution in [2.45, 2.75) is 44.3 Å². The quantitative estimate of drug-likeness (QED) is 0.398. The van der Waals surface area contributed by atoms with E-state index in [1.807, 2.05) is 41.1 Å². The first-order valence-corrected chi connectivity index (χ1v) is 12.6. The highest BCUT2D eigenvalue weighted by molar-refractivity contribution is 7.08. The monoisotopic (exact) mass is 489 g/mol. The summed E-state index contributed by atoms with van der Waals surface area (Å²) in [6.45, 7) is -0.0517. The number of methoxy groups -OCH3 is 1. The zero-order valence-electron chi connectivity index (χ0n) is 19.5. The number of nitrogens with one attached hydrogen (secondary N) is 1. The number of thiophene rings is 1. The average Bonchev–Trinajstić information content (AvgIpc) is 3.66. The topological polar surface area (TPSA) is 89.3 Å². The van der Waals surface area contributed by atoms with Crippen LogP contribution >= 0.6 is 11.3 Å². The van der Waals surface area contributed by atoms with Gasteiger partial charge in [-0.3, -0.25) is 14.5 Å². The summed E-state index contributed by atoms with van der Waals surface area (Å²) in [5, 5.41) is 15.4. The van der Waals surface area contributed by atoms with Crippen LogP contribution in [0.15, 0.2) is 65.4 Å². The van der Waals surface area contributed by atoms with Crippen molar-refractivity contribution in [1.29, 1.82) is 0 Å². The highest BCUT2D eigenvalue weighted by atomic mass is 32.1. The van der Waals surface area contributed by atoms with E-state index in [2.05, 4.69) is 15.6 Å². The third kappa shape index (κ3) is 4.90. The number of anilines is 1. The first-order valence-electron chi connectivity index (χ1n) is 11.7. The molecular formula is C26H27N5O3S. The molecule has 8 nitrogen and oxygen atoms in total. The van der Waals surface area contributed by atoms with Gasteiger partial charge in [-0.1, -0.05) is 30.2 Å². The summed E-state index contributed by atoms with van der Waals surface area (Å²) < 4.78 is 6.89. The molecule has 2 amide bonds. The molecule has 0 bridgehead atoms. The number of carbonyl (C=O) groups excluding carboxylic acids is 2. The van der Waals surface area contributed by atoms with E-state index in [-0.39, 0.29) is 24.4 Å². The number of para-hydroxylation sites is 1. The van der Waals surface area contributed by atoms with Crippen LogP contribution in [0.25, 0.3) is 11.0 Å². The first-order chi connectivity index (χ1) is 17.1. The van der Waals surface area contributed by atoms with E-state index in [1.54, 1.807) is 41.0 Å². The number of carbonyl (C=O) groups is 2. The Labute approximate surface area is 207 Å². The fourth-order valence-corrected chi connectivity index (χ4v) is 5.30. The molecule has 2 aromatic heterocycles. The first kappa shape index (κ1) is 23.0. The van der Waals surface area contributed by atoms with Gasteiger partial charge in [-0.05, 0) is 71.6 Å². The summed E-state index contributed by atoms with van der Waals surface area (Å²) >= 11 is 1.50. The van der Waals surface area contributed by atoms with E-state index in [1.165, 1.54) is 11.3 Å². The predicted molar refractivity (Wildman–Crippen MR) is 135 cm³/mol. The van der Waals surface area contributed by atoms with Crippen molar-refractivity contribution in [1.82, 2.24) is 20.3 Å². The van der Waals surface area contributed by atoms with E-state index >= 15 is 0 Å². The van der Waals surface area contributed by atoms with Crippen LogP contribution in [0.4, 0.5) is 5.69 Å². The lowest BCUT2D eigenvalue weighted by Crippen LogP contribution is -2.47. The van der Waals surface area contributed by atoms with Crippen LogP contribution in [-0.4, -0.2) is 40.0 Å². The molecule has 1 atom stereocenters. The maximum absolute atomic E-state index is 13.9. The third-order valence-corrected chi connectivity index (χ3v) is 7.09. The standard InChI is InChI=1S/C26H27N5O3S/c1-34-21-12-10-20(11-13-21)31(24(32)16-30-23-9-5-4-8-22(23)28-29-30)25(18-14-15-35-17-18)26(33)27-19-6-2-3-7-19/h4-5,8-15,17,19,25H,2-3,6-7,16H2,1H3,(H,27,33). The number of nitrogens with zero attached hydrogens (tertiary/aromatic N) is 4. The number of hydrogen-bond acceptors (Lipinski definition) is 6. The molecule has 0 radical (unpaired) electrons. The third-order valence-electron chi connectivity index (χ3n) is 6.39. The molecule has 4 aromatic rings. The lowest BCUT2D eigenvalue weighted by Gasteiger charge is -2.32. The fraction of sp³-hybridized carbons (Fsp3) is 0.308. The van der Waals surface area contributed by atoms with Crippen LogP contribution in [0.5, 0.6) is 5.75 Å². The minimum atomic E-state index is -0.808. The van der Waals surface area contributed by atoms with Crippen LogP contribution in [0.2, 0.25) is 0 Å². The molecule has 1 saturated carbocycles. The van der Waals surface area contributed by atoms with Crippen molar-refractivity contribution in [2.75, 3.05) is 12.0 Å². The summed E-state index contributed by atoms with van der Waals surface area (Å²) in [4.78, 5) is 29.2. The van der Waals surface area contributed by atoms with Crippen LogP contribution in [0, 0.1) is 0 Å². The number of amides is 2. The molecule has 1 N–H and O–H groups in total. The summed E-state index contributed by atoms with van der Waals surface area (Å²) in [5.41, 5.74) is 2.86. The molecule has 2 aromatic carbocycles. The van der Waals surface area contributed by atoms with E-state index < -0.39 is 6.04 Å². The molecule has 35 heavy (non-hydrogen) atoms. The number of aromatic nitrogens is 3. The summed E-state index contributed by atoms with van der Waals surface area (Å²) in [7, 11) is 1.59. The van der Waals surface area contributed by atoms with E-state index in [0.717, 1.165) is 36.8 Å². The van der Waals surface area contributed by atoms with E-state index in [4.69, 9.17) is 4.74 Å². The van der Waals surface area contributed by atoms with Crippen LogP contribution in [0.3, 0.4) is 0 Å². The molecule has 0 spiro atoms. The second-order valence-electron chi connectivity index (χ2n) is 8.65. The van der Waals surface area contributed by atoms with Gasteiger partial charge in [0.2, 0.25) is 11.8 Å². The van der Waals surface area contributed by atoms with Gasteiger partial charge in [0, 0.05) is 11.7 Å². The summed E-state index contributed by atoms with van der Waals surface area (Å²) in [6, 6.07) is 15.9. The highest BCUT2D eigenvalue weighted by Gasteiger charge is 2.35. The minimum absolute atomic E-state index is 0.0517. The van der Waals surface area contributed by atoms with Crippen LogP contribution < -0.4 is 15.0 Å². The molecule has 1 aliphatic carbocycles. The molecule has 1 fully saturated rings. The van der Waals surface area contributed by atoms with Crippen molar-refractivity contribution in [2.24, 2.45) is 0 Å². The average molecular weight is 490 g/mol.